The van der Waals surface area contributed by atoms with Crippen LogP contribution in [-0.4, -0.2) is 39.2 Å². The lowest BCUT2D eigenvalue weighted by atomic mass is 9.90. The van der Waals surface area contributed by atoms with E-state index in [0.29, 0.717) is 24.7 Å². The minimum atomic E-state index is -0.404. The van der Waals surface area contributed by atoms with Crippen molar-refractivity contribution in [2.45, 2.75) is 37.7 Å². The predicted octanol–water partition coefficient (Wildman–Crippen LogP) is 2.93. The van der Waals surface area contributed by atoms with Crippen molar-refractivity contribution in [1.82, 2.24) is 15.1 Å². The first-order chi connectivity index (χ1) is 11.2. The summed E-state index contributed by atoms with van der Waals surface area (Å²) >= 11 is 1.60. The van der Waals surface area contributed by atoms with E-state index < -0.39 is 6.10 Å². The molecule has 2 N–H and O–H groups in total. The Morgan fingerprint density at radius 2 is 2.13 bits per heavy atom. The molecule has 2 aliphatic rings. The van der Waals surface area contributed by atoms with E-state index in [9.17, 15) is 9.90 Å². The number of hydrogen-bond donors (Lipinski definition) is 2. The smallest absolute Gasteiger partial charge is 0.274 e. The fourth-order valence-electron chi connectivity index (χ4n) is 3.32. The van der Waals surface area contributed by atoms with Gasteiger partial charge in [-0.15, -0.1) is 11.3 Å². The second-order valence-corrected chi connectivity index (χ2v) is 7.55. The second kappa shape index (κ2) is 6.09. The lowest BCUT2D eigenvalue weighted by molar-refractivity contribution is 0.0470. The van der Waals surface area contributed by atoms with Gasteiger partial charge in [0.05, 0.1) is 6.10 Å². The summed E-state index contributed by atoms with van der Waals surface area (Å²) in [6.45, 7) is 1.38. The van der Waals surface area contributed by atoms with Crippen molar-refractivity contribution in [1.29, 1.82) is 0 Å². The molecule has 2 aromatic rings. The van der Waals surface area contributed by atoms with Crippen LogP contribution in [0.2, 0.25) is 0 Å². The average molecular weight is 331 g/mol. The molecule has 0 radical (unpaired) electrons. The van der Waals surface area contributed by atoms with Crippen LogP contribution in [0.5, 0.6) is 0 Å². The third-order valence-electron chi connectivity index (χ3n) is 4.94. The van der Waals surface area contributed by atoms with Gasteiger partial charge in [0.1, 0.15) is 5.69 Å². The maximum absolute atomic E-state index is 12.5. The molecular formula is C17H21N3O2S. The normalized spacial score (nSPS) is 20.7. The molecule has 23 heavy (non-hydrogen) atoms. The number of likely N-dealkylation sites (tertiary alicyclic amines) is 1. The van der Waals surface area contributed by atoms with Crippen molar-refractivity contribution in [2.24, 2.45) is 5.92 Å². The van der Waals surface area contributed by atoms with Crippen LogP contribution in [0.15, 0.2) is 23.6 Å². The van der Waals surface area contributed by atoms with Crippen LogP contribution in [0, 0.1) is 5.92 Å². The third kappa shape index (κ3) is 3.05. The molecule has 1 atom stereocenters. The molecule has 1 saturated carbocycles. The highest BCUT2D eigenvalue weighted by molar-refractivity contribution is 7.10. The van der Waals surface area contributed by atoms with Crippen molar-refractivity contribution >= 4 is 17.2 Å². The van der Waals surface area contributed by atoms with Crippen LogP contribution < -0.4 is 0 Å². The Bertz CT molecular complexity index is 670. The molecule has 1 amide bonds. The number of aliphatic hydroxyl groups excluding tert-OH is 1. The van der Waals surface area contributed by atoms with Gasteiger partial charge in [0, 0.05) is 29.6 Å². The van der Waals surface area contributed by atoms with Gasteiger partial charge in [-0.05, 0) is 49.1 Å². The molecule has 1 aliphatic heterocycles. The van der Waals surface area contributed by atoms with E-state index in [1.165, 1.54) is 12.8 Å². The molecule has 0 spiro atoms. The Balaban J connectivity index is 1.36. The number of thiophene rings is 1. The number of amides is 1. The summed E-state index contributed by atoms with van der Waals surface area (Å²) in [6, 6.07) is 5.86. The number of carbonyl (C=O) groups is 1. The quantitative estimate of drug-likeness (QED) is 0.905. The zero-order valence-electron chi connectivity index (χ0n) is 12.9. The lowest BCUT2D eigenvalue weighted by Gasteiger charge is -2.33. The van der Waals surface area contributed by atoms with Gasteiger partial charge >= 0.3 is 0 Å². The van der Waals surface area contributed by atoms with Crippen LogP contribution in [0.3, 0.4) is 0 Å². The molecule has 6 heteroatoms. The van der Waals surface area contributed by atoms with Gasteiger partial charge in [-0.1, -0.05) is 6.07 Å². The van der Waals surface area contributed by atoms with Crippen molar-refractivity contribution in [2.75, 3.05) is 13.1 Å². The van der Waals surface area contributed by atoms with Gasteiger partial charge in [-0.2, -0.15) is 5.10 Å². The van der Waals surface area contributed by atoms with Gasteiger partial charge in [-0.25, -0.2) is 0 Å². The molecule has 0 bridgehead atoms. The number of piperidine rings is 1. The van der Waals surface area contributed by atoms with Crippen molar-refractivity contribution in [3.8, 4) is 0 Å². The van der Waals surface area contributed by atoms with E-state index in [0.717, 1.165) is 23.4 Å². The average Bonchev–Trinajstić information content (AvgIpc) is 3.10. The number of aromatic nitrogens is 2. The number of rotatable bonds is 4. The molecule has 1 aliphatic carbocycles. The summed E-state index contributed by atoms with van der Waals surface area (Å²) in [6.07, 6.45) is 3.66. The highest BCUT2D eigenvalue weighted by atomic mass is 32.1. The van der Waals surface area contributed by atoms with Crippen LogP contribution >= 0.6 is 11.3 Å². The Morgan fingerprint density at radius 3 is 2.78 bits per heavy atom. The van der Waals surface area contributed by atoms with Gasteiger partial charge in [0.2, 0.25) is 0 Å². The molecule has 2 aromatic heterocycles. The van der Waals surface area contributed by atoms with E-state index in [2.05, 4.69) is 10.2 Å². The summed E-state index contributed by atoms with van der Waals surface area (Å²) in [5.74, 6) is 0.826. The van der Waals surface area contributed by atoms with Crippen molar-refractivity contribution < 1.29 is 9.90 Å². The molecule has 0 aromatic carbocycles. The summed E-state index contributed by atoms with van der Waals surface area (Å²) in [7, 11) is 0. The fourth-order valence-corrected chi connectivity index (χ4v) is 4.13. The molecule has 0 unspecified atom stereocenters. The molecule has 122 valence electrons. The first-order valence-corrected chi connectivity index (χ1v) is 9.16. The Labute approximate surface area is 139 Å². The Hall–Kier alpha value is -1.66. The lowest BCUT2D eigenvalue weighted by Crippen LogP contribution is -2.39. The van der Waals surface area contributed by atoms with Crippen LogP contribution in [0.4, 0.5) is 0 Å². The predicted molar refractivity (Wildman–Crippen MR) is 88.5 cm³/mol. The Morgan fingerprint density at radius 1 is 1.35 bits per heavy atom. The molecule has 5 nitrogen and oxygen atoms in total. The maximum Gasteiger partial charge on any atom is 0.274 e. The second-order valence-electron chi connectivity index (χ2n) is 6.57. The number of H-pyrrole nitrogens is 1. The third-order valence-corrected chi connectivity index (χ3v) is 5.88. The molecule has 1 saturated heterocycles. The largest absolute Gasteiger partial charge is 0.387 e. The van der Waals surface area contributed by atoms with Gasteiger partial charge in [0.15, 0.2) is 0 Å². The number of nitrogens with one attached hydrogen (secondary N) is 1. The number of aromatic amines is 1. The van der Waals surface area contributed by atoms with E-state index in [4.69, 9.17) is 0 Å². The van der Waals surface area contributed by atoms with Gasteiger partial charge in [-0.3, -0.25) is 9.89 Å². The van der Waals surface area contributed by atoms with E-state index >= 15 is 0 Å². The highest BCUT2D eigenvalue weighted by Crippen LogP contribution is 2.39. The van der Waals surface area contributed by atoms with Crippen molar-refractivity contribution in [3.05, 3.63) is 39.8 Å². The number of carbonyl (C=O) groups excluding carboxylic acids is 1. The zero-order chi connectivity index (χ0) is 15.8. The minimum absolute atomic E-state index is 0.0113. The van der Waals surface area contributed by atoms with Crippen molar-refractivity contribution in [3.63, 3.8) is 0 Å². The standard InChI is InChI=1S/C17H21N3O2S/c21-16(15-2-1-9-23-15)12-5-7-20(8-6-12)17(22)14-10-13(18-19-14)11-3-4-11/h1-2,9-12,16,21H,3-8H2,(H,18,19)/t16-/m0/s1. The first-order valence-electron chi connectivity index (χ1n) is 8.28. The number of hydrogen-bond acceptors (Lipinski definition) is 4. The van der Waals surface area contributed by atoms with Crippen LogP contribution in [0.1, 0.15) is 58.8 Å². The van der Waals surface area contributed by atoms with Gasteiger partial charge in [0.25, 0.3) is 5.91 Å². The summed E-state index contributed by atoms with van der Waals surface area (Å²) in [4.78, 5) is 15.4. The number of aliphatic hydroxyl groups is 1. The topological polar surface area (TPSA) is 69.2 Å². The molecule has 4 rings (SSSR count). The minimum Gasteiger partial charge on any atom is -0.387 e. The first kappa shape index (κ1) is 14.9. The summed E-state index contributed by atoms with van der Waals surface area (Å²) in [5, 5.41) is 19.6. The number of nitrogens with zero attached hydrogens (tertiary/aromatic N) is 2. The maximum atomic E-state index is 12.5. The van der Waals surface area contributed by atoms with Crippen LogP contribution in [-0.2, 0) is 0 Å². The molecule has 2 fully saturated rings. The zero-order valence-corrected chi connectivity index (χ0v) is 13.8. The van der Waals surface area contributed by atoms with Crippen LogP contribution in [0.25, 0.3) is 0 Å². The SMILES string of the molecule is O=C(c1cc(C2CC2)[nH]n1)N1CCC([C@H](O)c2cccs2)CC1. The highest BCUT2D eigenvalue weighted by Gasteiger charge is 2.31. The molecule has 3 heterocycles. The summed E-state index contributed by atoms with van der Waals surface area (Å²) < 4.78 is 0. The fraction of sp³-hybridized carbons (Fsp3) is 0.529. The van der Waals surface area contributed by atoms with Gasteiger partial charge < -0.3 is 10.0 Å². The van der Waals surface area contributed by atoms with E-state index in [1.54, 1.807) is 11.3 Å². The van der Waals surface area contributed by atoms with E-state index in [1.807, 2.05) is 28.5 Å². The Kier molecular flexibility index (Phi) is 3.95. The monoisotopic (exact) mass is 331 g/mol. The van der Waals surface area contributed by atoms with E-state index in [-0.39, 0.29) is 11.8 Å². The summed E-state index contributed by atoms with van der Waals surface area (Å²) in [5.41, 5.74) is 1.63. The molecular weight excluding hydrogens is 310 g/mol.